The van der Waals surface area contributed by atoms with Crippen molar-refractivity contribution in [1.82, 2.24) is 5.32 Å². The third-order valence-corrected chi connectivity index (χ3v) is 5.60. The maximum absolute atomic E-state index is 12.0. The zero-order valence-electron chi connectivity index (χ0n) is 8.94. The summed E-state index contributed by atoms with van der Waals surface area (Å²) in [6.45, 7) is 2.00. The molecule has 0 amide bonds. The summed E-state index contributed by atoms with van der Waals surface area (Å²) < 4.78 is 29.3. The third-order valence-electron chi connectivity index (χ3n) is 3.24. The third kappa shape index (κ3) is 2.92. The van der Waals surface area contributed by atoms with Gasteiger partial charge in [-0.15, -0.1) is 0 Å². The molecular weight excluding hydrogens is 214 g/mol. The molecule has 0 spiro atoms. The highest BCUT2D eigenvalue weighted by Crippen LogP contribution is 2.25. The first kappa shape index (κ1) is 11.4. The van der Waals surface area contributed by atoms with Crippen LogP contribution in [0.4, 0.5) is 0 Å². The van der Waals surface area contributed by atoms with E-state index in [1.54, 1.807) is 0 Å². The number of nitrogens with one attached hydrogen (secondary N) is 1. The van der Waals surface area contributed by atoms with Gasteiger partial charge in [-0.3, -0.25) is 0 Å². The van der Waals surface area contributed by atoms with Crippen LogP contribution >= 0.6 is 0 Å². The van der Waals surface area contributed by atoms with E-state index in [9.17, 15) is 8.42 Å². The normalized spacial score (nSPS) is 29.5. The molecule has 88 valence electrons. The molecule has 4 nitrogen and oxygen atoms in total. The molecule has 1 saturated heterocycles. The number of morpholine rings is 1. The zero-order chi connectivity index (χ0) is 10.7. The van der Waals surface area contributed by atoms with E-state index in [1.165, 1.54) is 0 Å². The summed E-state index contributed by atoms with van der Waals surface area (Å²) in [5.41, 5.74) is 0. The van der Waals surface area contributed by atoms with Crippen LogP contribution in [0.25, 0.3) is 0 Å². The average molecular weight is 233 g/mol. The number of hydrogen-bond acceptors (Lipinski definition) is 4. The number of hydrogen-bond donors (Lipinski definition) is 1. The van der Waals surface area contributed by atoms with E-state index >= 15 is 0 Å². The van der Waals surface area contributed by atoms with Crippen molar-refractivity contribution in [3.63, 3.8) is 0 Å². The van der Waals surface area contributed by atoms with Gasteiger partial charge >= 0.3 is 0 Å². The zero-order valence-corrected chi connectivity index (χ0v) is 9.76. The van der Waals surface area contributed by atoms with Crippen molar-refractivity contribution in [2.75, 3.05) is 25.5 Å². The molecule has 1 heterocycles. The Bertz CT molecular complexity index is 290. The lowest BCUT2D eigenvalue weighted by atomic mass is 10.3. The first-order valence-electron chi connectivity index (χ1n) is 5.71. The fourth-order valence-corrected chi connectivity index (χ4v) is 4.49. The number of ether oxygens (including phenoxy) is 1. The minimum absolute atomic E-state index is 0.00403. The monoisotopic (exact) mass is 233 g/mol. The van der Waals surface area contributed by atoms with Crippen LogP contribution in [0, 0.1) is 0 Å². The molecule has 1 atom stereocenters. The Balaban J connectivity index is 1.90. The highest BCUT2D eigenvalue weighted by Gasteiger charge is 2.31. The molecule has 15 heavy (non-hydrogen) atoms. The molecule has 1 aliphatic heterocycles. The van der Waals surface area contributed by atoms with E-state index < -0.39 is 9.84 Å². The topological polar surface area (TPSA) is 55.4 Å². The summed E-state index contributed by atoms with van der Waals surface area (Å²) in [6.07, 6.45) is 3.85. The molecule has 1 N–H and O–H groups in total. The largest absolute Gasteiger partial charge is 0.378 e. The molecule has 0 aromatic rings. The summed E-state index contributed by atoms with van der Waals surface area (Å²) in [7, 11) is -2.90. The molecule has 0 aromatic carbocycles. The molecule has 1 aliphatic carbocycles. The Morgan fingerprint density at radius 2 is 2.00 bits per heavy atom. The van der Waals surface area contributed by atoms with Crippen LogP contribution in [-0.2, 0) is 14.6 Å². The molecule has 0 aromatic heterocycles. The van der Waals surface area contributed by atoms with Gasteiger partial charge in [-0.2, -0.15) is 0 Å². The predicted molar refractivity (Wildman–Crippen MR) is 58.7 cm³/mol. The van der Waals surface area contributed by atoms with Crippen molar-refractivity contribution >= 4 is 9.84 Å². The maximum atomic E-state index is 12.0. The van der Waals surface area contributed by atoms with E-state index in [2.05, 4.69) is 5.32 Å². The standard InChI is InChI=1S/C10H19NO3S/c12-15(13,10-3-1-2-4-10)8-9-7-14-6-5-11-9/h9-11H,1-8H2. The Hall–Kier alpha value is -0.130. The van der Waals surface area contributed by atoms with Gasteiger partial charge in [0.15, 0.2) is 9.84 Å². The van der Waals surface area contributed by atoms with Gasteiger partial charge in [-0.1, -0.05) is 12.8 Å². The first-order valence-corrected chi connectivity index (χ1v) is 7.43. The molecular formula is C10H19NO3S. The lowest BCUT2D eigenvalue weighted by molar-refractivity contribution is 0.0831. The summed E-state index contributed by atoms with van der Waals surface area (Å²) in [5.74, 6) is 0.248. The van der Waals surface area contributed by atoms with Crippen molar-refractivity contribution in [2.24, 2.45) is 0 Å². The Kier molecular flexibility index (Phi) is 3.64. The van der Waals surface area contributed by atoms with Gasteiger partial charge in [-0.25, -0.2) is 8.42 Å². The molecule has 2 fully saturated rings. The first-order chi connectivity index (χ1) is 7.18. The van der Waals surface area contributed by atoms with Crippen LogP contribution in [0.2, 0.25) is 0 Å². The van der Waals surface area contributed by atoms with Crippen molar-refractivity contribution in [3.05, 3.63) is 0 Å². The number of rotatable bonds is 3. The summed E-state index contributed by atoms with van der Waals surface area (Å²) in [5, 5.41) is 3.11. The smallest absolute Gasteiger partial charge is 0.154 e. The van der Waals surface area contributed by atoms with Crippen molar-refractivity contribution in [1.29, 1.82) is 0 Å². The van der Waals surface area contributed by atoms with Crippen molar-refractivity contribution in [3.8, 4) is 0 Å². The van der Waals surface area contributed by atoms with E-state index in [0.717, 1.165) is 32.2 Å². The van der Waals surface area contributed by atoms with Crippen LogP contribution in [0.3, 0.4) is 0 Å². The Morgan fingerprint density at radius 3 is 2.60 bits per heavy atom. The second kappa shape index (κ2) is 4.80. The van der Waals surface area contributed by atoms with E-state index in [1.807, 2.05) is 0 Å². The quantitative estimate of drug-likeness (QED) is 0.763. The molecule has 1 saturated carbocycles. The van der Waals surface area contributed by atoms with Crippen LogP contribution in [0.5, 0.6) is 0 Å². The Labute approximate surface area is 91.3 Å². The van der Waals surface area contributed by atoms with Gasteiger partial charge in [0, 0.05) is 12.6 Å². The SMILES string of the molecule is O=S(=O)(CC1COCCN1)C1CCCC1. The highest BCUT2D eigenvalue weighted by molar-refractivity contribution is 7.92. The maximum Gasteiger partial charge on any atom is 0.154 e. The minimum Gasteiger partial charge on any atom is -0.378 e. The lowest BCUT2D eigenvalue weighted by Crippen LogP contribution is -2.46. The molecule has 2 aliphatic rings. The van der Waals surface area contributed by atoms with E-state index in [0.29, 0.717) is 13.2 Å². The van der Waals surface area contributed by atoms with Gasteiger partial charge in [0.05, 0.1) is 24.2 Å². The molecule has 1 unspecified atom stereocenters. The summed E-state index contributed by atoms with van der Waals surface area (Å²) >= 11 is 0. The second-order valence-electron chi connectivity index (χ2n) is 4.46. The molecule has 0 bridgehead atoms. The summed E-state index contributed by atoms with van der Waals surface area (Å²) in [6, 6.07) is 0.00403. The number of sulfone groups is 1. The average Bonchev–Trinajstić information content (AvgIpc) is 2.71. The van der Waals surface area contributed by atoms with Gasteiger partial charge in [0.2, 0.25) is 0 Å². The van der Waals surface area contributed by atoms with Crippen LogP contribution in [0.15, 0.2) is 0 Å². The van der Waals surface area contributed by atoms with Gasteiger partial charge in [0.1, 0.15) is 0 Å². The second-order valence-corrected chi connectivity index (χ2v) is 6.79. The summed E-state index contributed by atoms with van der Waals surface area (Å²) in [4.78, 5) is 0. The van der Waals surface area contributed by atoms with E-state index in [-0.39, 0.29) is 17.0 Å². The van der Waals surface area contributed by atoms with Crippen LogP contribution in [0.1, 0.15) is 25.7 Å². The van der Waals surface area contributed by atoms with Crippen LogP contribution < -0.4 is 5.32 Å². The van der Waals surface area contributed by atoms with Gasteiger partial charge in [0.25, 0.3) is 0 Å². The fraction of sp³-hybridized carbons (Fsp3) is 1.00. The van der Waals surface area contributed by atoms with Gasteiger partial charge < -0.3 is 10.1 Å². The van der Waals surface area contributed by atoms with Crippen LogP contribution in [-0.4, -0.2) is 45.2 Å². The predicted octanol–water partition coefficient (Wildman–Crippen LogP) is 0.332. The minimum atomic E-state index is -2.90. The fourth-order valence-electron chi connectivity index (χ4n) is 2.39. The highest BCUT2D eigenvalue weighted by atomic mass is 32.2. The molecule has 0 radical (unpaired) electrons. The Morgan fingerprint density at radius 1 is 1.27 bits per heavy atom. The van der Waals surface area contributed by atoms with E-state index in [4.69, 9.17) is 4.74 Å². The lowest BCUT2D eigenvalue weighted by Gasteiger charge is -2.24. The molecule has 5 heteroatoms. The van der Waals surface area contributed by atoms with Crippen molar-refractivity contribution < 1.29 is 13.2 Å². The van der Waals surface area contributed by atoms with Gasteiger partial charge in [-0.05, 0) is 12.8 Å². The van der Waals surface area contributed by atoms with Crippen molar-refractivity contribution in [2.45, 2.75) is 37.0 Å². The molecule has 2 rings (SSSR count).